The molecule has 0 amide bonds. The van der Waals surface area contributed by atoms with E-state index < -0.39 is 0 Å². The van der Waals surface area contributed by atoms with Crippen molar-refractivity contribution in [3.63, 3.8) is 0 Å². The zero-order chi connectivity index (χ0) is 14.8. The molecule has 0 bridgehead atoms. The number of nitrogens with zero attached hydrogens (tertiary/aromatic N) is 4. The van der Waals surface area contributed by atoms with Crippen LogP contribution in [0.1, 0.15) is 26.3 Å². The van der Waals surface area contributed by atoms with Crippen molar-refractivity contribution >= 4 is 17.2 Å². The predicted octanol–water partition coefficient (Wildman–Crippen LogP) is 1.09. The van der Waals surface area contributed by atoms with Gasteiger partial charge in [0.1, 0.15) is 0 Å². The molecule has 1 aliphatic rings. The van der Waals surface area contributed by atoms with Gasteiger partial charge in [0.2, 0.25) is 0 Å². The van der Waals surface area contributed by atoms with Crippen LogP contribution in [-0.2, 0) is 13.1 Å². The first-order chi connectivity index (χ1) is 9.43. The van der Waals surface area contributed by atoms with E-state index in [0.717, 1.165) is 39.3 Å². The van der Waals surface area contributed by atoms with Crippen LogP contribution >= 0.6 is 12.2 Å². The SMILES string of the molecule is CCn1cc(CN2CCN(C(C)(C)C(N)=S)CC2)cn1. The molecule has 1 saturated heterocycles. The number of rotatable bonds is 5. The molecule has 2 N–H and O–H groups in total. The van der Waals surface area contributed by atoms with Crippen molar-refractivity contribution in [1.82, 2.24) is 19.6 Å². The van der Waals surface area contributed by atoms with E-state index in [4.69, 9.17) is 18.0 Å². The summed E-state index contributed by atoms with van der Waals surface area (Å²) in [7, 11) is 0. The topological polar surface area (TPSA) is 50.3 Å². The maximum atomic E-state index is 5.84. The molecule has 2 rings (SSSR count). The van der Waals surface area contributed by atoms with Gasteiger partial charge in [-0.2, -0.15) is 5.10 Å². The Morgan fingerprint density at radius 3 is 2.50 bits per heavy atom. The second-order valence-electron chi connectivity index (χ2n) is 5.89. The molecule has 0 atom stereocenters. The van der Waals surface area contributed by atoms with Crippen molar-refractivity contribution in [2.24, 2.45) is 5.73 Å². The summed E-state index contributed by atoms with van der Waals surface area (Å²) in [4.78, 5) is 5.42. The molecule has 0 saturated carbocycles. The third-order valence-electron chi connectivity index (χ3n) is 4.18. The lowest BCUT2D eigenvalue weighted by atomic mass is 10.0. The Balaban J connectivity index is 1.87. The summed E-state index contributed by atoms with van der Waals surface area (Å²) in [6.07, 6.45) is 4.10. The maximum absolute atomic E-state index is 5.84. The Bertz CT molecular complexity index is 460. The molecular formula is C14H25N5S. The molecule has 1 fully saturated rings. The van der Waals surface area contributed by atoms with Gasteiger partial charge in [0, 0.05) is 51.0 Å². The molecule has 1 aromatic rings. The monoisotopic (exact) mass is 295 g/mol. The van der Waals surface area contributed by atoms with E-state index in [2.05, 4.69) is 41.9 Å². The van der Waals surface area contributed by atoms with Crippen LogP contribution < -0.4 is 5.73 Å². The molecule has 1 aromatic heterocycles. The highest BCUT2D eigenvalue weighted by Crippen LogP contribution is 2.18. The highest BCUT2D eigenvalue weighted by Gasteiger charge is 2.32. The lowest BCUT2D eigenvalue weighted by molar-refractivity contribution is 0.0821. The van der Waals surface area contributed by atoms with Gasteiger partial charge in [-0.05, 0) is 20.8 Å². The van der Waals surface area contributed by atoms with E-state index >= 15 is 0 Å². The summed E-state index contributed by atoms with van der Waals surface area (Å²) < 4.78 is 1.97. The number of thiocarbonyl (C=S) groups is 1. The van der Waals surface area contributed by atoms with Gasteiger partial charge in [0.25, 0.3) is 0 Å². The number of piperazine rings is 1. The Kier molecular flexibility index (Phi) is 4.78. The van der Waals surface area contributed by atoms with Crippen molar-refractivity contribution in [2.45, 2.75) is 39.4 Å². The van der Waals surface area contributed by atoms with Crippen LogP contribution in [-0.4, -0.2) is 56.3 Å². The number of hydrogen-bond donors (Lipinski definition) is 1. The molecule has 0 spiro atoms. The fourth-order valence-corrected chi connectivity index (χ4v) is 2.67. The van der Waals surface area contributed by atoms with E-state index in [1.165, 1.54) is 5.56 Å². The maximum Gasteiger partial charge on any atom is 0.0928 e. The number of hydrogen-bond acceptors (Lipinski definition) is 4. The summed E-state index contributed by atoms with van der Waals surface area (Å²) in [6.45, 7) is 12.3. The van der Waals surface area contributed by atoms with Gasteiger partial charge in [-0.3, -0.25) is 14.5 Å². The smallest absolute Gasteiger partial charge is 0.0928 e. The minimum Gasteiger partial charge on any atom is -0.392 e. The number of aryl methyl sites for hydroxylation is 1. The Morgan fingerprint density at radius 2 is 2.00 bits per heavy atom. The fraction of sp³-hybridized carbons (Fsp3) is 0.714. The molecule has 0 aromatic carbocycles. The zero-order valence-electron chi connectivity index (χ0n) is 12.7. The Labute approximate surface area is 126 Å². The van der Waals surface area contributed by atoms with Gasteiger partial charge < -0.3 is 5.73 Å². The third-order valence-corrected chi connectivity index (χ3v) is 4.68. The summed E-state index contributed by atoms with van der Waals surface area (Å²) in [6, 6.07) is 0. The van der Waals surface area contributed by atoms with E-state index in [1.54, 1.807) is 0 Å². The third kappa shape index (κ3) is 3.37. The van der Waals surface area contributed by atoms with Crippen LogP contribution in [0.4, 0.5) is 0 Å². The predicted molar refractivity (Wildman–Crippen MR) is 85.6 cm³/mol. The molecular weight excluding hydrogens is 270 g/mol. The highest BCUT2D eigenvalue weighted by atomic mass is 32.1. The second-order valence-corrected chi connectivity index (χ2v) is 6.33. The van der Waals surface area contributed by atoms with E-state index in [1.807, 2.05) is 10.9 Å². The molecule has 5 nitrogen and oxygen atoms in total. The number of nitrogens with two attached hydrogens (primary N) is 1. The molecule has 0 aliphatic carbocycles. The molecule has 2 heterocycles. The van der Waals surface area contributed by atoms with Crippen molar-refractivity contribution < 1.29 is 0 Å². The van der Waals surface area contributed by atoms with Crippen molar-refractivity contribution in [3.05, 3.63) is 18.0 Å². The van der Waals surface area contributed by atoms with Gasteiger partial charge in [-0.1, -0.05) is 12.2 Å². The second kappa shape index (κ2) is 6.20. The molecule has 20 heavy (non-hydrogen) atoms. The first-order valence-electron chi connectivity index (χ1n) is 7.22. The minimum absolute atomic E-state index is 0.186. The van der Waals surface area contributed by atoms with Gasteiger partial charge in [0.15, 0.2) is 0 Å². The Morgan fingerprint density at radius 1 is 1.35 bits per heavy atom. The first kappa shape index (κ1) is 15.4. The molecule has 112 valence electrons. The largest absolute Gasteiger partial charge is 0.392 e. The average Bonchev–Trinajstić information content (AvgIpc) is 2.87. The standard InChI is InChI=1S/C14H25N5S/c1-4-19-11-12(9-16-19)10-17-5-7-18(8-6-17)14(2,3)13(15)20/h9,11H,4-8,10H2,1-3H3,(H2,15,20). The highest BCUT2D eigenvalue weighted by molar-refractivity contribution is 7.80. The molecule has 6 heteroatoms. The number of aromatic nitrogens is 2. The van der Waals surface area contributed by atoms with Gasteiger partial charge in [-0.15, -0.1) is 0 Å². The average molecular weight is 295 g/mol. The van der Waals surface area contributed by atoms with E-state index in [9.17, 15) is 0 Å². The van der Waals surface area contributed by atoms with E-state index in [-0.39, 0.29) is 5.54 Å². The van der Waals surface area contributed by atoms with Crippen molar-refractivity contribution in [2.75, 3.05) is 26.2 Å². The van der Waals surface area contributed by atoms with Gasteiger partial charge >= 0.3 is 0 Å². The quantitative estimate of drug-likeness (QED) is 0.824. The van der Waals surface area contributed by atoms with Crippen LogP contribution in [0.2, 0.25) is 0 Å². The lowest BCUT2D eigenvalue weighted by Crippen LogP contribution is -2.59. The van der Waals surface area contributed by atoms with Crippen LogP contribution in [0.5, 0.6) is 0 Å². The van der Waals surface area contributed by atoms with Crippen molar-refractivity contribution in [1.29, 1.82) is 0 Å². The molecule has 0 radical (unpaired) electrons. The summed E-state index contributed by atoms with van der Waals surface area (Å²) in [5.74, 6) is 0. The summed E-state index contributed by atoms with van der Waals surface area (Å²) in [5.41, 5.74) is 6.94. The minimum atomic E-state index is -0.186. The van der Waals surface area contributed by atoms with Gasteiger partial charge in [-0.25, -0.2) is 0 Å². The van der Waals surface area contributed by atoms with Gasteiger partial charge in [0.05, 0.1) is 16.7 Å². The Hall–Kier alpha value is -0.980. The molecule has 0 unspecified atom stereocenters. The van der Waals surface area contributed by atoms with Crippen LogP contribution in [0.25, 0.3) is 0 Å². The first-order valence-corrected chi connectivity index (χ1v) is 7.63. The zero-order valence-corrected chi connectivity index (χ0v) is 13.5. The van der Waals surface area contributed by atoms with Crippen molar-refractivity contribution in [3.8, 4) is 0 Å². The summed E-state index contributed by atoms with van der Waals surface area (Å²) in [5, 5.41) is 4.32. The fourth-order valence-electron chi connectivity index (χ4n) is 2.54. The molecule has 1 aliphatic heterocycles. The lowest BCUT2D eigenvalue weighted by Gasteiger charge is -2.43. The summed E-state index contributed by atoms with van der Waals surface area (Å²) >= 11 is 5.17. The normalized spacial score (nSPS) is 18.4. The van der Waals surface area contributed by atoms with Crippen LogP contribution in [0, 0.1) is 0 Å². The van der Waals surface area contributed by atoms with Crippen LogP contribution in [0.15, 0.2) is 12.4 Å². The van der Waals surface area contributed by atoms with E-state index in [0.29, 0.717) is 4.99 Å². The van der Waals surface area contributed by atoms with Crippen LogP contribution in [0.3, 0.4) is 0 Å².